The van der Waals surface area contributed by atoms with Crippen LogP contribution in [0.25, 0.3) is 0 Å². The third-order valence-electron chi connectivity index (χ3n) is 3.51. The first-order valence-corrected chi connectivity index (χ1v) is 7.56. The Kier molecular flexibility index (Phi) is 6.15. The predicted octanol–water partition coefficient (Wildman–Crippen LogP) is 2.20. The molecule has 0 saturated carbocycles. The van der Waals surface area contributed by atoms with E-state index in [1.54, 1.807) is 12.1 Å². The zero-order valence-electron chi connectivity index (χ0n) is 14.8. The smallest absolute Gasteiger partial charge is 0.314 e. The molecule has 0 aliphatic carbocycles. The molecule has 0 saturated heterocycles. The number of nitrogens with one attached hydrogen (secondary N) is 2. The molecule has 0 bridgehead atoms. The number of benzene rings is 2. The zero-order valence-corrected chi connectivity index (χ0v) is 14.8. The molecule has 2 aromatic carbocycles. The second-order valence-corrected chi connectivity index (χ2v) is 5.12. The van der Waals surface area contributed by atoms with E-state index in [9.17, 15) is 19.7 Å². The van der Waals surface area contributed by atoms with Crippen molar-refractivity contribution in [1.29, 1.82) is 0 Å². The monoisotopic (exact) mass is 375 g/mol. The quantitative estimate of drug-likeness (QED) is 0.450. The Balaban J connectivity index is 2.15. The van der Waals surface area contributed by atoms with E-state index in [4.69, 9.17) is 14.2 Å². The molecule has 0 fully saturated rings. The lowest BCUT2D eigenvalue weighted by Gasteiger charge is -2.12. The van der Waals surface area contributed by atoms with Crippen molar-refractivity contribution in [2.75, 3.05) is 32.0 Å². The molecule has 0 heterocycles. The van der Waals surface area contributed by atoms with Gasteiger partial charge in [-0.05, 0) is 18.2 Å². The fourth-order valence-electron chi connectivity index (χ4n) is 2.16. The van der Waals surface area contributed by atoms with Crippen molar-refractivity contribution in [3.8, 4) is 17.2 Å². The van der Waals surface area contributed by atoms with Crippen molar-refractivity contribution in [2.24, 2.45) is 0 Å². The van der Waals surface area contributed by atoms with Gasteiger partial charge in [-0.25, -0.2) is 0 Å². The molecule has 0 radical (unpaired) electrons. The van der Waals surface area contributed by atoms with Gasteiger partial charge in [0.25, 0.3) is 5.69 Å². The molecule has 0 spiro atoms. The number of nitro benzene ring substituents is 1. The topological polar surface area (TPSA) is 129 Å². The number of hydrogen-bond acceptors (Lipinski definition) is 7. The number of nitrogens with zero attached hydrogens (tertiary/aromatic N) is 1. The third kappa shape index (κ3) is 4.63. The van der Waals surface area contributed by atoms with Crippen LogP contribution in [0.1, 0.15) is 0 Å². The maximum absolute atomic E-state index is 12.2. The van der Waals surface area contributed by atoms with Crippen molar-refractivity contribution in [3.05, 3.63) is 46.5 Å². The van der Waals surface area contributed by atoms with Gasteiger partial charge in [0.1, 0.15) is 17.2 Å². The van der Waals surface area contributed by atoms with Gasteiger partial charge in [0.15, 0.2) is 0 Å². The molecular weight excluding hydrogens is 358 g/mol. The molecule has 0 aromatic heterocycles. The van der Waals surface area contributed by atoms with Crippen molar-refractivity contribution >= 4 is 28.9 Å². The van der Waals surface area contributed by atoms with Crippen molar-refractivity contribution in [2.45, 2.75) is 0 Å². The molecule has 0 unspecified atom stereocenters. The molecule has 10 heteroatoms. The minimum Gasteiger partial charge on any atom is -0.497 e. The van der Waals surface area contributed by atoms with Crippen LogP contribution in [0.4, 0.5) is 17.1 Å². The average molecular weight is 375 g/mol. The first-order valence-electron chi connectivity index (χ1n) is 7.56. The van der Waals surface area contributed by atoms with Gasteiger partial charge >= 0.3 is 11.8 Å². The number of amides is 2. The summed E-state index contributed by atoms with van der Waals surface area (Å²) < 4.78 is 15.2. The Hall–Kier alpha value is -3.82. The van der Waals surface area contributed by atoms with E-state index in [-0.39, 0.29) is 22.8 Å². The Morgan fingerprint density at radius 2 is 1.37 bits per heavy atom. The highest BCUT2D eigenvalue weighted by molar-refractivity contribution is 6.44. The van der Waals surface area contributed by atoms with E-state index in [2.05, 4.69) is 10.6 Å². The van der Waals surface area contributed by atoms with Crippen LogP contribution in [0.2, 0.25) is 0 Å². The third-order valence-corrected chi connectivity index (χ3v) is 3.51. The molecule has 2 amide bonds. The van der Waals surface area contributed by atoms with Gasteiger partial charge in [-0.2, -0.15) is 0 Å². The normalized spacial score (nSPS) is 9.89. The van der Waals surface area contributed by atoms with Gasteiger partial charge in [0, 0.05) is 12.1 Å². The van der Waals surface area contributed by atoms with Crippen molar-refractivity contribution in [1.82, 2.24) is 0 Å². The van der Waals surface area contributed by atoms with Gasteiger partial charge in [-0.15, -0.1) is 0 Å². The number of anilines is 2. The fourth-order valence-corrected chi connectivity index (χ4v) is 2.16. The molecule has 2 N–H and O–H groups in total. The summed E-state index contributed by atoms with van der Waals surface area (Å²) in [5, 5.41) is 15.6. The summed E-state index contributed by atoms with van der Waals surface area (Å²) in [7, 11) is 4.18. The highest BCUT2D eigenvalue weighted by Crippen LogP contribution is 2.30. The van der Waals surface area contributed by atoms with E-state index < -0.39 is 16.7 Å². The number of methoxy groups -OCH3 is 3. The number of carbonyl (C=O) groups is 2. The number of carbonyl (C=O) groups excluding carboxylic acids is 2. The number of non-ortho nitro benzene ring substituents is 1. The summed E-state index contributed by atoms with van der Waals surface area (Å²) in [6.45, 7) is 0. The number of ether oxygens (including phenoxy) is 3. The summed E-state index contributed by atoms with van der Waals surface area (Å²) in [5.41, 5.74) is 0.177. The first-order chi connectivity index (χ1) is 12.9. The lowest BCUT2D eigenvalue weighted by molar-refractivity contribution is -0.384. The Morgan fingerprint density at radius 3 is 1.85 bits per heavy atom. The summed E-state index contributed by atoms with van der Waals surface area (Å²) in [4.78, 5) is 34.5. The van der Waals surface area contributed by atoms with Crippen LogP contribution in [-0.4, -0.2) is 38.1 Å². The van der Waals surface area contributed by atoms with Gasteiger partial charge in [0.05, 0.1) is 43.7 Å². The SMILES string of the molecule is COc1ccc(NC(=O)C(=O)Nc2ccc([N+](=O)[O-])cc2OC)c(OC)c1. The first kappa shape index (κ1) is 19.5. The number of nitro groups is 1. The molecule has 0 aliphatic rings. The van der Waals surface area contributed by atoms with Crippen molar-refractivity contribution < 1.29 is 28.7 Å². The molecule has 142 valence electrons. The lowest BCUT2D eigenvalue weighted by atomic mass is 10.2. The van der Waals surface area contributed by atoms with E-state index in [1.807, 2.05) is 0 Å². The van der Waals surface area contributed by atoms with Gasteiger partial charge in [-0.3, -0.25) is 19.7 Å². The Labute approximate surface area is 154 Å². The predicted molar refractivity (Wildman–Crippen MR) is 96.5 cm³/mol. The molecule has 10 nitrogen and oxygen atoms in total. The molecule has 2 rings (SSSR count). The maximum atomic E-state index is 12.2. The van der Waals surface area contributed by atoms with Crippen LogP contribution in [0.15, 0.2) is 36.4 Å². The lowest BCUT2D eigenvalue weighted by Crippen LogP contribution is -2.29. The van der Waals surface area contributed by atoms with Gasteiger partial charge < -0.3 is 24.8 Å². The molecule has 0 aliphatic heterocycles. The number of rotatable bonds is 6. The van der Waals surface area contributed by atoms with Crippen LogP contribution in [0.5, 0.6) is 17.2 Å². The van der Waals surface area contributed by atoms with Crippen LogP contribution in [0, 0.1) is 10.1 Å². The maximum Gasteiger partial charge on any atom is 0.314 e. The minimum atomic E-state index is -0.986. The van der Waals surface area contributed by atoms with Crippen LogP contribution >= 0.6 is 0 Å². The molecule has 0 atom stereocenters. The summed E-state index contributed by atoms with van der Waals surface area (Å²) >= 11 is 0. The Morgan fingerprint density at radius 1 is 0.852 bits per heavy atom. The van der Waals surface area contributed by atoms with Crippen LogP contribution in [0.3, 0.4) is 0 Å². The average Bonchev–Trinajstić information content (AvgIpc) is 2.68. The second kappa shape index (κ2) is 8.52. The summed E-state index contributed by atoms with van der Waals surface area (Å²) in [5.74, 6) is -1.07. The molecule has 2 aromatic rings. The standard InChI is InChI=1S/C17H17N3O7/c1-25-11-5-7-13(15(9-11)27-3)19-17(22)16(21)18-12-6-4-10(20(23)24)8-14(12)26-2/h4-9H,1-3H3,(H,18,21)(H,19,22). The van der Waals surface area contributed by atoms with Crippen molar-refractivity contribution in [3.63, 3.8) is 0 Å². The number of hydrogen-bond donors (Lipinski definition) is 2. The van der Waals surface area contributed by atoms with Crippen LogP contribution in [-0.2, 0) is 9.59 Å². The molecule has 27 heavy (non-hydrogen) atoms. The van der Waals surface area contributed by atoms with E-state index in [0.717, 1.165) is 6.07 Å². The largest absolute Gasteiger partial charge is 0.497 e. The highest BCUT2D eigenvalue weighted by atomic mass is 16.6. The van der Waals surface area contributed by atoms with Gasteiger partial charge in [-0.1, -0.05) is 0 Å². The van der Waals surface area contributed by atoms with Gasteiger partial charge in [0.2, 0.25) is 0 Å². The summed E-state index contributed by atoms with van der Waals surface area (Å²) in [6, 6.07) is 8.26. The zero-order chi connectivity index (χ0) is 20.0. The fraction of sp³-hybridized carbons (Fsp3) is 0.176. The van der Waals surface area contributed by atoms with E-state index >= 15 is 0 Å². The van der Waals surface area contributed by atoms with Crippen LogP contribution < -0.4 is 24.8 Å². The minimum absolute atomic E-state index is 0.0485. The summed E-state index contributed by atoms with van der Waals surface area (Å²) in [6.07, 6.45) is 0. The highest BCUT2D eigenvalue weighted by Gasteiger charge is 2.19. The van der Waals surface area contributed by atoms with E-state index in [1.165, 1.54) is 39.5 Å². The molecular formula is C17H17N3O7. The second-order valence-electron chi connectivity index (χ2n) is 5.12. The Bertz CT molecular complexity index is 883. The van der Waals surface area contributed by atoms with E-state index in [0.29, 0.717) is 11.5 Å².